The Morgan fingerprint density at radius 1 is 1.18 bits per heavy atom. The number of carbonyl (C=O) groups is 2. The molecule has 1 heterocycles. The minimum atomic E-state index is -0.177. The van der Waals surface area contributed by atoms with Gasteiger partial charge in [-0.05, 0) is 47.7 Å². The lowest BCUT2D eigenvalue weighted by atomic mass is 9.87. The fourth-order valence-electron chi connectivity index (χ4n) is 2.27. The van der Waals surface area contributed by atoms with Gasteiger partial charge in [-0.1, -0.05) is 52.0 Å². The van der Waals surface area contributed by atoms with Crippen molar-refractivity contribution in [3.8, 4) is 0 Å². The summed E-state index contributed by atoms with van der Waals surface area (Å²) in [7, 11) is 0. The molecule has 1 saturated heterocycles. The average molecular weight is 317 g/mol. The van der Waals surface area contributed by atoms with Crippen LogP contribution in [0.1, 0.15) is 52.2 Å². The molecule has 1 aliphatic heterocycles. The van der Waals surface area contributed by atoms with E-state index >= 15 is 0 Å². The smallest absolute Gasteiger partial charge is 0.268 e. The van der Waals surface area contributed by atoms with Gasteiger partial charge in [0.1, 0.15) is 0 Å². The predicted octanol–water partition coefficient (Wildman–Crippen LogP) is 4.82. The van der Waals surface area contributed by atoms with Gasteiger partial charge in [-0.3, -0.25) is 14.5 Å². The molecule has 1 aromatic rings. The maximum atomic E-state index is 12.4. The van der Waals surface area contributed by atoms with Gasteiger partial charge in [-0.15, -0.1) is 0 Å². The normalized spacial score (nSPS) is 19.1. The van der Waals surface area contributed by atoms with Crippen molar-refractivity contribution in [1.29, 1.82) is 0 Å². The molecular formula is C18H23NO2S. The highest BCUT2D eigenvalue weighted by Crippen LogP contribution is 2.34. The van der Waals surface area contributed by atoms with Gasteiger partial charge in [-0.25, -0.2) is 0 Å². The summed E-state index contributed by atoms with van der Waals surface area (Å²) in [6.45, 7) is 10.4. The Morgan fingerprint density at radius 3 is 2.27 bits per heavy atom. The first-order valence-corrected chi connectivity index (χ1v) is 8.43. The minimum Gasteiger partial charge on any atom is -0.268 e. The monoisotopic (exact) mass is 317 g/mol. The van der Waals surface area contributed by atoms with Crippen molar-refractivity contribution in [2.24, 2.45) is 0 Å². The number of nitrogens with zero attached hydrogens (tertiary/aromatic N) is 1. The van der Waals surface area contributed by atoms with Crippen LogP contribution in [0.4, 0.5) is 4.79 Å². The first kappa shape index (κ1) is 16.8. The van der Waals surface area contributed by atoms with Gasteiger partial charge in [0.15, 0.2) is 0 Å². The number of rotatable bonds is 3. The fraction of sp³-hybridized carbons (Fsp3) is 0.444. The van der Waals surface area contributed by atoms with E-state index in [0.717, 1.165) is 23.7 Å². The van der Waals surface area contributed by atoms with Gasteiger partial charge in [0.25, 0.3) is 11.1 Å². The van der Waals surface area contributed by atoms with Crippen molar-refractivity contribution >= 4 is 29.0 Å². The third-order valence-corrected chi connectivity index (χ3v) is 4.81. The third kappa shape index (κ3) is 3.43. The lowest BCUT2D eigenvalue weighted by Gasteiger charge is -2.19. The lowest BCUT2D eigenvalue weighted by molar-refractivity contribution is -0.124. The molecule has 118 valence electrons. The van der Waals surface area contributed by atoms with E-state index in [9.17, 15) is 9.59 Å². The van der Waals surface area contributed by atoms with Crippen molar-refractivity contribution in [3.05, 3.63) is 40.3 Å². The van der Waals surface area contributed by atoms with Gasteiger partial charge in [0.2, 0.25) is 0 Å². The van der Waals surface area contributed by atoms with Crippen molar-refractivity contribution in [1.82, 2.24) is 4.90 Å². The number of imide groups is 1. The summed E-state index contributed by atoms with van der Waals surface area (Å²) in [4.78, 5) is 26.2. The van der Waals surface area contributed by atoms with E-state index in [1.165, 1.54) is 10.5 Å². The number of amides is 2. The van der Waals surface area contributed by atoms with E-state index < -0.39 is 0 Å². The van der Waals surface area contributed by atoms with E-state index in [1.807, 2.05) is 26.0 Å². The molecule has 22 heavy (non-hydrogen) atoms. The Balaban J connectivity index is 2.24. The van der Waals surface area contributed by atoms with Crippen molar-refractivity contribution in [2.45, 2.75) is 52.5 Å². The van der Waals surface area contributed by atoms with Gasteiger partial charge in [0.05, 0.1) is 4.91 Å². The van der Waals surface area contributed by atoms with Crippen LogP contribution in [0.25, 0.3) is 6.08 Å². The highest BCUT2D eigenvalue weighted by Gasteiger charge is 2.37. The van der Waals surface area contributed by atoms with Gasteiger partial charge in [-0.2, -0.15) is 0 Å². The summed E-state index contributed by atoms with van der Waals surface area (Å²) in [5, 5.41) is -0.170. The zero-order valence-corrected chi connectivity index (χ0v) is 14.7. The van der Waals surface area contributed by atoms with Gasteiger partial charge < -0.3 is 0 Å². The molecule has 2 rings (SSSR count). The molecule has 0 N–H and O–H groups in total. The SMILES string of the molecule is CC[C@@H](C)N1C(=O)S/C(=C/c2ccc(C(C)(C)C)cc2)C1=O. The standard InChI is InChI=1S/C18H23NO2S/c1-6-12(2)19-16(20)15(22-17(19)21)11-13-7-9-14(10-8-13)18(3,4)5/h7-12H,6H2,1-5H3/b15-11+/t12-/m1/s1. The molecule has 0 spiro atoms. The second kappa shape index (κ2) is 6.29. The molecule has 1 aromatic carbocycles. The molecular weight excluding hydrogens is 294 g/mol. The summed E-state index contributed by atoms with van der Waals surface area (Å²) >= 11 is 1.03. The van der Waals surface area contributed by atoms with Crippen molar-refractivity contribution in [2.75, 3.05) is 0 Å². The van der Waals surface area contributed by atoms with Crippen LogP contribution in [0.3, 0.4) is 0 Å². The Morgan fingerprint density at radius 2 is 1.77 bits per heavy atom. The number of carbonyl (C=O) groups excluding carboxylic acids is 2. The van der Waals surface area contributed by atoms with E-state index in [-0.39, 0.29) is 22.6 Å². The third-order valence-electron chi connectivity index (χ3n) is 3.93. The van der Waals surface area contributed by atoms with E-state index in [2.05, 4.69) is 32.9 Å². The maximum Gasteiger partial charge on any atom is 0.293 e. The molecule has 0 saturated carbocycles. The van der Waals surface area contributed by atoms with Gasteiger partial charge in [0, 0.05) is 6.04 Å². The van der Waals surface area contributed by atoms with Crippen LogP contribution in [0.2, 0.25) is 0 Å². The number of hydrogen-bond donors (Lipinski definition) is 0. The summed E-state index contributed by atoms with van der Waals surface area (Å²) in [5.41, 5.74) is 2.30. The summed E-state index contributed by atoms with van der Waals surface area (Å²) in [6.07, 6.45) is 2.57. The van der Waals surface area contributed by atoms with Gasteiger partial charge >= 0.3 is 0 Å². The number of benzene rings is 1. The molecule has 1 aliphatic rings. The lowest BCUT2D eigenvalue weighted by Crippen LogP contribution is -2.36. The Bertz CT molecular complexity index is 611. The minimum absolute atomic E-state index is 0.0540. The molecule has 0 bridgehead atoms. The summed E-state index contributed by atoms with van der Waals surface area (Å²) in [5.74, 6) is -0.177. The predicted molar refractivity (Wildman–Crippen MR) is 92.7 cm³/mol. The second-order valence-corrected chi connectivity index (χ2v) is 7.67. The molecule has 1 atom stereocenters. The van der Waals surface area contributed by atoms with Crippen LogP contribution < -0.4 is 0 Å². The molecule has 2 amide bonds. The molecule has 0 unspecified atom stereocenters. The largest absolute Gasteiger partial charge is 0.293 e. The van der Waals surface area contributed by atoms with Crippen LogP contribution in [0.15, 0.2) is 29.2 Å². The zero-order chi connectivity index (χ0) is 16.5. The van der Waals surface area contributed by atoms with E-state index in [1.54, 1.807) is 6.08 Å². The Hall–Kier alpha value is -1.55. The Kier molecular flexibility index (Phi) is 4.81. The van der Waals surface area contributed by atoms with Crippen LogP contribution in [0.5, 0.6) is 0 Å². The average Bonchev–Trinajstić information content (AvgIpc) is 2.72. The molecule has 3 nitrogen and oxygen atoms in total. The first-order chi connectivity index (χ1) is 10.2. The van der Waals surface area contributed by atoms with Crippen molar-refractivity contribution in [3.63, 3.8) is 0 Å². The summed E-state index contributed by atoms with van der Waals surface area (Å²) in [6, 6.07) is 8.09. The quantitative estimate of drug-likeness (QED) is 0.750. The summed E-state index contributed by atoms with van der Waals surface area (Å²) < 4.78 is 0. The van der Waals surface area contributed by atoms with E-state index in [0.29, 0.717) is 4.91 Å². The number of hydrogen-bond acceptors (Lipinski definition) is 3. The zero-order valence-electron chi connectivity index (χ0n) is 13.8. The number of thioether (sulfide) groups is 1. The Labute approximate surface area is 136 Å². The molecule has 0 aliphatic carbocycles. The van der Waals surface area contributed by atoms with Crippen molar-refractivity contribution < 1.29 is 9.59 Å². The fourth-order valence-corrected chi connectivity index (χ4v) is 3.20. The first-order valence-electron chi connectivity index (χ1n) is 7.61. The molecule has 1 fully saturated rings. The van der Waals surface area contributed by atoms with Crippen LogP contribution in [-0.2, 0) is 10.2 Å². The second-order valence-electron chi connectivity index (χ2n) is 6.68. The molecule has 4 heteroatoms. The topological polar surface area (TPSA) is 37.4 Å². The molecule has 0 radical (unpaired) electrons. The van der Waals surface area contributed by atoms with Crippen LogP contribution >= 0.6 is 11.8 Å². The molecule has 0 aromatic heterocycles. The van der Waals surface area contributed by atoms with E-state index in [4.69, 9.17) is 0 Å². The van der Waals surface area contributed by atoms with Crippen LogP contribution in [-0.4, -0.2) is 22.1 Å². The highest BCUT2D eigenvalue weighted by molar-refractivity contribution is 8.18. The van der Waals surface area contributed by atoms with Crippen LogP contribution in [0, 0.1) is 0 Å². The highest BCUT2D eigenvalue weighted by atomic mass is 32.2. The maximum absolute atomic E-state index is 12.4.